The first-order chi connectivity index (χ1) is 12.0. The van der Waals surface area contributed by atoms with Gasteiger partial charge in [-0.05, 0) is 30.9 Å². The van der Waals surface area contributed by atoms with Crippen molar-refractivity contribution in [1.29, 1.82) is 0 Å². The third kappa shape index (κ3) is 3.79. The number of imide groups is 1. The Balaban J connectivity index is 1.43. The summed E-state index contributed by atoms with van der Waals surface area (Å²) in [6, 6.07) is 6.91. The zero-order valence-corrected chi connectivity index (χ0v) is 14.8. The molecule has 1 saturated carbocycles. The van der Waals surface area contributed by atoms with Gasteiger partial charge in [-0.2, -0.15) is 0 Å². The Morgan fingerprint density at radius 3 is 2.68 bits per heavy atom. The minimum absolute atomic E-state index is 0.114. The average molecular weight is 364 g/mol. The number of hydrogen-bond donors (Lipinski definition) is 2. The van der Waals surface area contributed by atoms with Crippen LogP contribution in [0.25, 0.3) is 0 Å². The van der Waals surface area contributed by atoms with Gasteiger partial charge in [-0.3, -0.25) is 14.5 Å². The number of urea groups is 1. The highest BCUT2D eigenvalue weighted by molar-refractivity contribution is 6.31. The number of amides is 4. The molecule has 0 radical (unpaired) electrons. The summed E-state index contributed by atoms with van der Waals surface area (Å²) in [6.07, 6.45) is 4.14. The van der Waals surface area contributed by atoms with Crippen molar-refractivity contribution in [3.05, 3.63) is 34.9 Å². The van der Waals surface area contributed by atoms with Crippen molar-refractivity contribution < 1.29 is 14.4 Å². The highest BCUT2D eigenvalue weighted by Gasteiger charge is 2.51. The molecule has 1 spiro atoms. The van der Waals surface area contributed by atoms with Gasteiger partial charge in [0, 0.05) is 18.1 Å². The van der Waals surface area contributed by atoms with E-state index >= 15 is 0 Å². The van der Waals surface area contributed by atoms with Gasteiger partial charge in [0.05, 0.1) is 6.42 Å². The van der Waals surface area contributed by atoms with Gasteiger partial charge in [0.25, 0.3) is 5.91 Å². The SMILES string of the molecule is O=C(Cc1ccccc1Cl)NCCCN1C(=O)NC2(CCCC2)C1=O. The minimum Gasteiger partial charge on any atom is -0.356 e. The fourth-order valence-corrected chi connectivity index (χ4v) is 3.74. The topological polar surface area (TPSA) is 78.5 Å². The fourth-order valence-electron chi connectivity index (χ4n) is 3.54. The van der Waals surface area contributed by atoms with Gasteiger partial charge in [-0.15, -0.1) is 0 Å². The predicted octanol–water partition coefficient (Wildman–Crippen LogP) is 2.25. The largest absolute Gasteiger partial charge is 0.356 e. The fraction of sp³-hybridized carbons (Fsp3) is 0.500. The lowest BCUT2D eigenvalue weighted by atomic mass is 9.98. The van der Waals surface area contributed by atoms with Crippen molar-refractivity contribution in [1.82, 2.24) is 15.5 Å². The van der Waals surface area contributed by atoms with Gasteiger partial charge in [-0.1, -0.05) is 42.6 Å². The van der Waals surface area contributed by atoms with E-state index in [0.717, 1.165) is 31.2 Å². The van der Waals surface area contributed by atoms with E-state index in [2.05, 4.69) is 10.6 Å². The predicted molar refractivity (Wildman–Crippen MR) is 94.2 cm³/mol. The molecule has 1 heterocycles. The van der Waals surface area contributed by atoms with E-state index in [-0.39, 0.29) is 24.3 Å². The summed E-state index contributed by atoms with van der Waals surface area (Å²) < 4.78 is 0. The van der Waals surface area contributed by atoms with E-state index in [1.54, 1.807) is 6.07 Å². The lowest BCUT2D eigenvalue weighted by molar-refractivity contribution is -0.131. The summed E-state index contributed by atoms with van der Waals surface area (Å²) in [5, 5.41) is 6.23. The molecule has 25 heavy (non-hydrogen) atoms. The monoisotopic (exact) mass is 363 g/mol. The molecule has 0 unspecified atom stereocenters. The van der Waals surface area contributed by atoms with Crippen LogP contribution >= 0.6 is 11.6 Å². The van der Waals surface area contributed by atoms with E-state index in [9.17, 15) is 14.4 Å². The molecular weight excluding hydrogens is 342 g/mol. The van der Waals surface area contributed by atoms with Gasteiger partial charge in [0.2, 0.25) is 5.91 Å². The lowest BCUT2D eigenvalue weighted by Gasteiger charge is -2.20. The Hall–Kier alpha value is -2.08. The summed E-state index contributed by atoms with van der Waals surface area (Å²) in [7, 11) is 0. The number of halogens is 1. The molecule has 1 saturated heterocycles. The molecule has 0 atom stereocenters. The van der Waals surface area contributed by atoms with E-state index in [0.29, 0.717) is 24.5 Å². The standard InChI is InChI=1S/C18H22ClN3O3/c19-14-7-2-1-6-13(14)12-15(23)20-10-5-11-22-16(24)18(21-17(22)25)8-3-4-9-18/h1-2,6-7H,3-5,8-12H2,(H,20,23)(H,21,25). The zero-order chi connectivity index (χ0) is 17.9. The van der Waals surface area contributed by atoms with Crippen molar-refractivity contribution in [2.45, 2.75) is 44.1 Å². The smallest absolute Gasteiger partial charge is 0.325 e. The van der Waals surface area contributed by atoms with Gasteiger partial charge in [0.15, 0.2) is 0 Å². The molecule has 1 aromatic carbocycles. The normalized spacial score (nSPS) is 18.7. The number of carbonyl (C=O) groups excluding carboxylic acids is 3. The highest BCUT2D eigenvalue weighted by atomic mass is 35.5. The zero-order valence-electron chi connectivity index (χ0n) is 14.0. The molecule has 2 fully saturated rings. The van der Waals surface area contributed by atoms with Crippen LogP contribution < -0.4 is 10.6 Å². The second-order valence-corrected chi connectivity index (χ2v) is 7.06. The van der Waals surface area contributed by atoms with Gasteiger partial charge in [-0.25, -0.2) is 4.79 Å². The molecule has 134 valence electrons. The van der Waals surface area contributed by atoms with Crippen molar-refractivity contribution in [3.63, 3.8) is 0 Å². The average Bonchev–Trinajstić information content (AvgIpc) is 3.14. The van der Waals surface area contributed by atoms with E-state index in [1.165, 1.54) is 4.90 Å². The van der Waals surface area contributed by atoms with E-state index in [1.807, 2.05) is 18.2 Å². The molecule has 1 aromatic rings. The quantitative estimate of drug-likeness (QED) is 0.601. The molecule has 0 aromatic heterocycles. The van der Waals surface area contributed by atoms with Crippen LogP contribution in [-0.2, 0) is 16.0 Å². The summed E-state index contributed by atoms with van der Waals surface area (Å²) in [5.41, 5.74) is 0.114. The molecule has 3 rings (SSSR count). The maximum atomic E-state index is 12.5. The van der Waals surface area contributed by atoms with Crippen molar-refractivity contribution >= 4 is 29.4 Å². The van der Waals surface area contributed by atoms with E-state index < -0.39 is 5.54 Å². The molecule has 4 amide bonds. The molecule has 1 aliphatic heterocycles. The van der Waals surface area contributed by atoms with Crippen molar-refractivity contribution in [2.75, 3.05) is 13.1 Å². The highest BCUT2D eigenvalue weighted by Crippen LogP contribution is 2.34. The van der Waals surface area contributed by atoms with Crippen LogP contribution in [0.15, 0.2) is 24.3 Å². The second-order valence-electron chi connectivity index (χ2n) is 6.65. The molecule has 1 aliphatic carbocycles. The molecule has 2 aliphatic rings. The van der Waals surface area contributed by atoms with Gasteiger partial charge >= 0.3 is 6.03 Å². The maximum absolute atomic E-state index is 12.5. The van der Waals surface area contributed by atoms with Crippen LogP contribution in [0, 0.1) is 0 Å². The van der Waals surface area contributed by atoms with Gasteiger partial charge in [0.1, 0.15) is 5.54 Å². The van der Waals surface area contributed by atoms with Crippen LogP contribution in [0.2, 0.25) is 5.02 Å². The summed E-state index contributed by atoms with van der Waals surface area (Å²) in [6.45, 7) is 0.728. The molecule has 0 bridgehead atoms. The van der Waals surface area contributed by atoms with Gasteiger partial charge < -0.3 is 10.6 Å². The number of benzene rings is 1. The Labute approximate surface area is 151 Å². The number of hydrogen-bond acceptors (Lipinski definition) is 3. The number of carbonyl (C=O) groups is 3. The first-order valence-electron chi connectivity index (χ1n) is 8.66. The third-order valence-corrected chi connectivity index (χ3v) is 5.26. The minimum atomic E-state index is -0.662. The number of nitrogens with zero attached hydrogens (tertiary/aromatic N) is 1. The Morgan fingerprint density at radius 2 is 1.96 bits per heavy atom. The Morgan fingerprint density at radius 1 is 1.24 bits per heavy atom. The molecule has 7 heteroatoms. The second kappa shape index (κ2) is 7.44. The van der Waals surface area contributed by atoms with Crippen molar-refractivity contribution in [3.8, 4) is 0 Å². The van der Waals surface area contributed by atoms with Crippen LogP contribution in [0.1, 0.15) is 37.7 Å². The van der Waals surface area contributed by atoms with E-state index in [4.69, 9.17) is 11.6 Å². The first-order valence-corrected chi connectivity index (χ1v) is 9.04. The lowest BCUT2D eigenvalue weighted by Crippen LogP contribution is -2.44. The molecule has 2 N–H and O–H groups in total. The number of rotatable bonds is 6. The maximum Gasteiger partial charge on any atom is 0.325 e. The van der Waals surface area contributed by atoms with Crippen LogP contribution in [0.3, 0.4) is 0 Å². The van der Waals surface area contributed by atoms with Crippen molar-refractivity contribution in [2.24, 2.45) is 0 Å². The Bertz CT molecular complexity index is 686. The summed E-state index contributed by atoms with van der Waals surface area (Å²) in [5.74, 6) is -0.241. The third-order valence-electron chi connectivity index (χ3n) is 4.89. The van der Waals surface area contributed by atoms with Crippen LogP contribution in [0.4, 0.5) is 4.79 Å². The Kier molecular flexibility index (Phi) is 5.27. The van der Waals surface area contributed by atoms with Crippen LogP contribution in [0.5, 0.6) is 0 Å². The molecule has 6 nitrogen and oxygen atoms in total. The van der Waals surface area contributed by atoms with Crippen LogP contribution in [-0.4, -0.2) is 41.4 Å². The summed E-state index contributed by atoms with van der Waals surface area (Å²) >= 11 is 6.04. The summed E-state index contributed by atoms with van der Waals surface area (Å²) in [4.78, 5) is 37.8. The molecular formula is C18H22ClN3O3. The first kappa shape index (κ1) is 17.7. The number of nitrogens with one attached hydrogen (secondary N) is 2.